The highest BCUT2D eigenvalue weighted by atomic mass is 16.3. The number of hydrogen-bond acceptors (Lipinski definition) is 2. The Bertz CT molecular complexity index is 127. The second kappa shape index (κ2) is 5.06. The van der Waals surface area contributed by atoms with Crippen molar-refractivity contribution in [2.24, 2.45) is 0 Å². The first-order valence-electron chi connectivity index (χ1n) is 3.39. The molecule has 2 N–H and O–H groups in total. The van der Waals surface area contributed by atoms with Gasteiger partial charge in [0.2, 0.25) is 0 Å². The lowest BCUT2D eigenvalue weighted by Crippen LogP contribution is -2.01. The molecule has 0 aliphatic carbocycles. The van der Waals surface area contributed by atoms with Gasteiger partial charge < -0.3 is 10.2 Å². The zero-order valence-electron chi connectivity index (χ0n) is 6.25. The van der Waals surface area contributed by atoms with E-state index in [4.69, 9.17) is 10.2 Å². The van der Waals surface area contributed by atoms with Crippen LogP contribution in [0.3, 0.4) is 0 Å². The summed E-state index contributed by atoms with van der Waals surface area (Å²) in [5.41, 5.74) is 0. The largest absolute Gasteiger partial charge is 0.509 e. The Morgan fingerprint density at radius 2 is 2.30 bits per heavy atom. The van der Waals surface area contributed by atoms with Gasteiger partial charge in [-0.1, -0.05) is 19.6 Å². The fraction of sp³-hybridized carbons (Fsp3) is 0.500. The third kappa shape index (κ3) is 5.38. The van der Waals surface area contributed by atoms with E-state index in [0.717, 1.165) is 6.42 Å². The number of hydrogen-bond donors (Lipinski definition) is 2. The lowest BCUT2D eigenvalue weighted by Gasteiger charge is -2.00. The van der Waals surface area contributed by atoms with Gasteiger partial charge in [-0.2, -0.15) is 0 Å². The van der Waals surface area contributed by atoms with E-state index in [2.05, 4.69) is 6.58 Å². The molecule has 0 saturated heterocycles. The molecule has 1 atom stereocenters. The number of rotatable bonds is 4. The third-order valence-electron chi connectivity index (χ3n) is 1.19. The van der Waals surface area contributed by atoms with Gasteiger partial charge in [0.25, 0.3) is 0 Å². The summed E-state index contributed by atoms with van der Waals surface area (Å²) in [6, 6.07) is 0. The van der Waals surface area contributed by atoms with Gasteiger partial charge in [-0.15, -0.1) is 0 Å². The predicted molar refractivity (Wildman–Crippen MR) is 41.8 cm³/mol. The Morgan fingerprint density at radius 3 is 2.70 bits per heavy atom. The fourth-order valence-electron chi connectivity index (χ4n) is 0.528. The van der Waals surface area contributed by atoms with Crippen molar-refractivity contribution >= 4 is 0 Å². The zero-order valence-corrected chi connectivity index (χ0v) is 6.25. The molecule has 2 heteroatoms. The predicted octanol–water partition coefficient (Wildman–Crippen LogP) is 1.78. The monoisotopic (exact) mass is 142 g/mol. The van der Waals surface area contributed by atoms with E-state index in [1.807, 2.05) is 6.92 Å². The molecule has 0 spiro atoms. The van der Waals surface area contributed by atoms with Crippen LogP contribution in [-0.2, 0) is 0 Å². The van der Waals surface area contributed by atoms with Gasteiger partial charge in [0.05, 0.1) is 6.10 Å². The van der Waals surface area contributed by atoms with E-state index in [9.17, 15) is 0 Å². The molecule has 0 amide bonds. The molecule has 58 valence electrons. The zero-order chi connectivity index (χ0) is 7.98. The van der Waals surface area contributed by atoms with Crippen LogP contribution >= 0.6 is 0 Å². The molecular weight excluding hydrogens is 128 g/mol. The summed E-state index contributed by atoms with van der Waals surface area (Å²) in [6.07, 6.45) is 4.21. The minimum absolute atomic E-state index is 0.0308. The highest BCUT2D eigenvalue weighted by Crippen LogP contribution is 1.98. The standard InChI is InChI=1S/C8H14O2/c1-3-8(10)6-4-5-7(2)9/h4-5,8-10H,2-3,6H2,1H3. The highest BCUT2D eigenvalue weighted by molar-refractivity contribution is 5.05. The Labute approximate surface area is 61.5 Å². The normalized spacial score (nSPS) is 13.8. The van der Waals surface area contributed by atoms with Gasteiger partial charge in [0.1, 0.15) is 5.76 Å². The summed E-state index contributed by atoms with van der Waals surface area (Å²) >= 11 is 0. The van der Waals surface area contributed by atoms with Crippen LogP contribution in [0.4, 0.5) is 0 Å². The Balaban J connectivity index is 3.43. The van der Waals surface area contributed by atoms with Crippen LogP contribution in [-0.4, -0.2) is 16.3 Å². The second-order valence-electron chi connectivity index (χ2n) is 2.19. The van der Waals surface area contributed by atoms with E-state index in [-0.39, 0.29) is 11.9 Å². The van der Waals surface area contributed by atoms with Gasteiger partial charge >= 0.3 is 0 Å². The Hall–Kier alpha value is -0.760. The van der Waals surface area contributed by atoms with Crippen molar-refractivity contribution in [1.29, 1.82) is 0 Å². The second-order valence-corrected chi connectivity index (χ2v) is 2.19. The Kier molecular flexibility index (Phi) is 4.67. The summed E-state index contributed by atoms with van der Waals surface area (Å²) in [6.45, 7) is 5.17. The minimum atomic E-state index is -0.296. The van der Waals surface area contributed by atoms with Crippen molar-refractivity contribution in [2.45, 2.75) is 25.9 Å². The van der Waals surface area contributed by atoms with Crippen LogP contribution < -0.4 is 0 Å². The molecule has 0 aliphatic rings. The van der Waals surface area contributed by atoms with Gasteiger partial charge in [0.15, 0.2) is 0 Å². The third-order valence-corrected chi connectivity index (χ3v) is 1.19. The maximum atomic E-state index is 9.01. The van der Waals surface area contributed by atoms with Gasteiger partial charge in [-0.3, -0.25) is 0 Å². The molecule has 10 heavy (non-hydrogen) atoms. The smallest absolute Gasteiger partial charge is 0.108 e. The lowest BCUT2D eigenvalue weighted by molar-refractivity contribution is 0.173. The first-order chi connectivity index (χ1) is 4.66. The van der Waals surface area contributed by atoms with E-state index >= 15 is 0 Å². The van der Waals surface area contributed by atoms with E-state index in [1.54, 1.807) is 6.08 Å². The van der Waals surface area contributed by atoms with Gasteiger partial charge in [-0.25, -0.2) is 0 Å². The lowest BCUT2D eigenvalue weighted by atomic mass is 10.2. The molecule has 0 rings (SSSR count). The summed E-state index contributed by atoms with van der Waals surface area (Å²) < 4.78 is 0. The topological polar surface area (TPSA) is 40.5 Å². The quantitative estimate of drug-likeness (QED) is 0.464. The first kappa shape index (κ1) is 9.24. The molecule has 1 unspecified atom stereocenters. The molecule has 0 aliphatic heterocycles. The molecular formula is C8H14O2. The molecule has 0 aromatic rings. The van der Waals surface area contributed by atoms with Crippen LogP contribution in [0, 0.1) is 0 Å². The number of aliphatic hydroxyl groups excluding tert-OH is 2. The molecule has 0 fully saturated rings. The van der Waals surface area contributed by atoms with Crippen molar-refractivity contribution < 1.29 is 10.2 Å². The summed E-state index contributed by atoms with van der Waals surface area (Å²) in [5, 5.41) is 17.6. The molecule has 0 saturated carbocycles. The van der Waals surface area contributed by atoms with Crippen LogP contribution in [0.2, 0.25) is 0 Å². The van der Waals surface area contributed by atoms with Crippen LogP contribution in [0.15, 0.2) is 24.5 Å². The first-order valence-corrected chi connectivity index (χ1v) is 3.39. The maximum Gasteiger partial charge on any atom is 0.108 e. The van der Waals surface area contributed by atoms with Crippen molar-refractivity contribution in [2.75, 3.05) is 0 Å². The van der Waals surface area contributed by atoms with Crippen molar-refractivity contribution in [3.63, 3.8) is 0 Å². The van der Waals surface area contributed by atoms with Crippen LogP contribution in [0.1, 0.15) is 19.8 Å². The van der Waals surface area contributed by atoms with Gasteiger partial charge in [-0.05, 0) is 18.9 Å². The molecule has 0 heterocycles. The Morgan fingerprint density at radius 1 is 1.70 bits per heavy atom. The maximum absolute atomic E-state index is 9.01. The summed E-state index contributed by atoms with van der Waals surface area (Å²) in [4.78, 5) is 0. The number of allylic oxidation sites excluding steroid dienone is 1. The average Bonchev–Trinajstić information content (AvgIpc) is 1.87. The van der Waals surface area contributed by atoms with E-state index in [0.29, 0.717) is 6.42 Å². The molecule has 0 aromatic carbocycles. The number of aliphatic hydroxyl groups is 2. The SMILES string of the molecule is C=C(O)C=CCC(O)CC. The van der Waals surface area contributed by atoms with Crippen LogP contribution in [0.5, 0.6) is 0 Å². The van der Waals surface area contributed by atoms with Gasteiger partial charge in [0, 0.05) is 0 Å². The van der Waals surface area contributed by atoms with Crippen LogP contribution in [0.25, 0.3) is 0 Å². The van der Waals surface area contributed by atoms with E-state index in [1.165, 1.54) is 6.08 Å². The molecule has 2 nitrogen and oxygen atoms in total. The summed E-state index contributed by atoms with van der Waals surface area (Å²) in [5.74, 6) is 0.0308. The van der Waals surface area contributed by atoms with Crippen molar-refractivity contribution in [1.82, 2.24) is 0 Å². The highest BCUT2D eigenvalue weighted by Gasteiger charge is 1.94. The summed E-state index contributed by atoms with van der Waals surface area (Å²) in [7, 11) is 0. The van der Waals surface area contributed by atoms with E-state index < -0.39 is 0 Å². The average molecular weight is 142 g/mol. The molecule has 0 radical (unpaired) electrons. The minimum Gasteiger partial charge on any atom is -0.509 e. The molecule has 0 aromatic heterocycles. The fourth-order valence-corrected chi connectivity index (χ4v) is 0.528. The van der Waals surface area contributed by atoms with Crippen molar-refractivity contribution in [3.8, 4) is 0 Å². The van der Waals surface area contributed by atoms with Crippen molar-refractivity contribution in [3.05, 3.63) is 24.5 Å². The molecule has 0 bridgehead atoms.